The molecule has 156 valence electrons. The van der Waals surface area contributed by atoms with E-state index in [1.807, 2.05) is 24.8 Å². The molecule has 5 nitrogen and oxygen atoms in total. The van der Waals surface area contributed by atoms with Crippen molar-refractivity contribution in [3.63, 3.8) is 0 Å². The smallest absolute Gasteiger partial charge is 0.317 e. The Hall–Kier alpha value is -2.27. The maximum Gasteiger partial charge on any atom is 0.317 e. The number of hydrogen-bond acceptors (Lipinski definition) is 2. The van der Waals surface area contributed by atoms with Crippen molar-refractivity contribution in [1.82, 2.24) is 20.1 Å². The number of rotatable bonds is 6. The van der Waals surface area contributed by atoms with Gasteiger partial charge in [0.05, 0.1) is 0 Å². The number of piperidine rings is 1. The summed E-state index contributed by atoms with van der Waals surface area (Å²) in [6, 6.07) is 7.36. The average Bonchev–Trinajstić information content (AvgIpc) is 3.09. The van der Waals surface area contributed by atoms with E-state index in [9.17, 15) is 4.79 Å². The first-order chi connectivity index (χ1) is 14.1. The van der Waals surface area contributed by atoms with Gasteiger partial charge in [-0.1, -0.05) is 25.1 Å². The third kappa shape index (κ3) is 3.46. The van der Waals surface area contributed by atoms with Crippen LogP contribution in [0.1, 0.15) is 49.9 Å². The monoisotopic (exact) mass is 394 g/mol. The Morgan fingerprint density at radius 3 is 2.83 bits per heavy atom. The summed E-state index contributed by atoms with van der Waals surface area (Å²) in [7, 11) is 0. The second kappa shape index (κ2) is 8.23. The minimum Gasteiger partial charge on any atom is -0.358 e. The number of hydrogen-bond donors (Lipinski definition) is 2. The van der Waals surface area contributed by atoms with Gasteiger partial charge in [0, 0.05) is 60.8 Å². The minimum absolute atomic E-state index is 0.0571. The molecule has 0 spiro atoms. The molecule has 0 saturated carbocycles. The molecule has 1 aliphatic heterocycles. The van der Waals surface area contributed by atoms with Gasteiger partial charge in [0.1, 0.15) is 0 Å². The molecular weight excluding hydrogens is 360 g/mol. The molecule has 3 atom stereocenters. The highest BCUT2D eigenvalue weighted by Crippen LogP contribution is 2.44. The van der Waals surface area contributed by atoms with Crippen LogP contribution < -0.4 is 5.32 Å². The summed E-state index contributed by atoms with van der Waals surface area (Å²) < 4.78 is 0. The summed E-state index contributed by atoms with van der Waals surface area (Å²) in [5.74, 6) is 0.433. The van der Waals surface area contributed by atoms with Crippen molar-refractivity contribution in [3.8, 4) is 0 Å². The Morgan fingerprint density at radius 1 is 1.34 bits per heavy atom. The molecule has 2 aliphatic rings. The number of aromatic nitrogens is 1. The van der Waals surface area contributed by atoms with Gasteiger partial charge in [0.25, 0.3) is 0 Å². The molecule has 1 saturated heterocycles. The fourth-order valence-electron chi connectivity index (χ4n) is 5.52. The van der Waals surface area contributed by atoms with Crippen LogP contribution in [0.2, 0.25) is 0 Å². The summed E-state index contributed by atoms with van der Waals surface area (Å²) in [5, 5.41) is 4.75. The largest absolute Gasteiger partial charge is 0.358 e. The molecule has 4 rings (SSSR count). The number of H-pyrrole nitrogens is 1. The van der Waals surface area contributed by atoms with Crippen LogP contribution >= 0.6 is 0 Å². The van der Waals surface area contributed by atoms with Gasteiger partial charge >= 0.3 is 6.03 Å². The maximum atomic E-state index is 12.7. The van der Waals surface area contributed by atoms with E-state index >= 15 is 0 Å². The zero-order valence-corrected chi connectivity index (χ0v) is 18.0. The highest BCUT2D eigenvalue weighted by atomic mass is 16.2. The van der Waals surface area contributed by atoms with Crippen molar-refractivity contribution in [3.05, 3.63) is 47.7 Å². The van der Waals surface area contributed by atoms with Gasteiger partial charge in [-0.05, 0) is 50.3 Å². The molecule has 1 aromatic heterocycles. The molecule has 29 heavy (non-hydrogen) atoms. The van der Waals surface area contributed by atoms with Gasteiger partial charge in [0.15, 0.2) is 0 Å². The Morgan fingerprint density at radius 2 is 2.14 bits per heavy atom. The van der Waals surface area contributed by atoms with Crippen molar-refractivity contribution < 1.29 is 4.79 Å². The van der Waals surface area contributed by atoms with Crippen LogP contribution in [0.25, 0.3) is 10.9 Å². The van der Waals surface area contributed by atoms with Crippen molar-refractivity contribution in [1.29, 1.82) is 0 Å². The molecule has 5 heteroatoms. The molecule has 1 unspecified atom stereocenters. The number of carbonyl (C=O) groups excluding carboxylic acids is 1. The van der Waals surface area contributed by atoms with E-state index in [0.717, 1.165) is 45.4 Å². The molecule has 2 N–H and O–H groups in total. The Labute approximate surface area is 174 Å². The van der Waals surface area contributed by atoms with Crippen LogP contribution in [-0.4, -0.2) is 59.1 Å². The van der Waals surface area contributed by atoms with Crippen LogP contribution in [0.3, 0.4) is 0 Å². The fraction of sp³-hybridized carbons (Fsp3) is 0.542. The van der Waals surface area contributed by atoms with Crippen LogP contribution in [-0.2, 0) is 12.8 Å². The van der Waals surface area contributed by atoms with Crippen LogP contribution in [0.4, 0.5) is 4.79 Å². The number of aryl methyl sites for hydroxylation is 1. The van der Waals surface area contributed by atoms with Gasteiger partial charge in [-0.2, -0.15) is 0 Å². The van der Waals surface area contributed by atoms with E-state index in [1.165, 1.54) is 27.7 Å². The van der Waals surface area contributed by atoms with Gasteiger partial charge in [0.2, 0.25) is 0 Å². The molecule has 2 aromatic rings. The van der Waals surface area contributed by atoms with Crippen molar-refractivity contribution in [2.75, 3.05) is 26.2 Å². The minimum atomic E-state index is 0.0571. The van der Waals surface area contributed by atoms with Crippen LogP contribution in [0.5, 0.6) is 0 Å². The number of amides is 2. The number of nitrogens with zero attached hydrogens (tertiary/aromatic N) is 2. The van der Waals surface area contributed by atoms with E-state index in [2.05, 4.69) is 46.9 Å². The van der Waals surface area contributed by atoms with Gasteiger partial charge in [-0.3, -0.25) is 4.90 Å². The lowest BCUT2D eigenvalue weighted by Crippen LogP contribution is -2.57. The molecule has 1 aliphatic carbocycles. The molecule has 0 bridgehead atoms. The van der Waals surface area contributed by atoms with Crippen molar-refractivity contribution in [2.24, 2.45) is 0 Å². The molecule has 2 amide bonds. The highest BCUT2D eigenvalue weighted by Gasteiger charge is 2.41. The van der Waals surface area contributed by atoms with E-state index in [-0.39, 0.29) is 12.1 Å². The Kier molecular flexibility index (Phi) is 5.68. The van der Waals surface area contributed by atoms with E-state index in [4.69, 9.17) is 0 Å². The lowest BCUT2D eigenvalue weighted by molar-refractivity contribution is 0.109. The second-order valence-electron chi connectivity index (χ2n) is 8.38. The molecule has 1 aromatic carbocycles. The first-order valence-electron chi connectivity index (χ1n) is 11.1. The standard InChI is InChI=1S/C24H34N4O/c1-5-12-28-15-16(25-24(29)27(7-3)8-4)13-18-17-10-9-11-21-23(17)19(14-22(18)28)20(6-2)26-21/h5,9-11,16,18,22,26H,1,6-8,12-15H2,2-4H3,(H,25,29)/t16-,18?,22+/m0/s1. The van der Waals surface area contributed by atoms with E-state index < -0.39 is 0 Å². The van der Waals surface area contributed by atoms with Gasteiger partial charge in [-0.15, -0.1) is 6.58 Å². The third-order valence-electron chi connectivity index (χ3n) is 6.88. The summed E-state index contributed by atoms with van der Waals surface area (Å²) in [5.41, 5.74) is 5.58. The normalized spacial score (nSPS) is 23.6. The number of likely N-dealkylation sites (tertiary alicyclic amines) is 1. The van der Waals surface area contributed by atoms with Crippen molar-refractivity contribution >= 4 is 16.9 Å². The van der Waals surface area contributed by atoms with Crippen LogP contribution in [0.15, 0.2) is 30.9 Å². The SMILES string of the molecule is C=CCN1C[C@@H](NC(=O)N(CC)CC)CC2c3cccc4[nH]c(CC)c(c34)C[C@H]21. The highest BCUT2D eigenvalue weighted by molar-refractivity contribution is 5.89. The van der Waals surface area contributed by atoms with E-state index in [1.54, 1.807) is 0 Å². The second-order valence-corrected chi connectivity index (χ2v) is 8.38. The zero-order valence-electron chi connectivity index (χ0n) is 18.0. The summed E-state index contributed by atoms with van der Waals surface area (Å²) in [6.07, 6.45) is 5.11. The number of carbonyl (C=O) groups is 1. The predicted molar refractivity (Wildman–Crippen MR) is 120 cm³/mol. The van der Waals surface area contributed by atoms with Crippen molar-refractivity contribution in [2.45, 2.75) is 58.0 Å². The number of benzene rings is 1. The number of nitrogens with one attached hydrogen (secondary N) is 2. The first-order valence-corrected chi connectivity index (χ1v) is 11.1. The number of aromatic amines is 1. The first kappa shape index (κ1) is 20.0. The average molecular weight is 395 g/mol. The zero-order chi connectivity index (χ0) is 20.5. The summed E-state index contributed by atoms with van der Waals surface area (Å²) in [4.78, 5) is 20.8. The van der Waals surface area contributed by atoms with E-state index in [0.29, 0.717) is 12.0 Å². The van der Waals surface area contributed by atoms with Gasteiger partial charge < -0.3 is 15.2 Å². The van der Waals surface area contributed by atoms with Gasteiger partial charge in [-0.25, -0.2) is 4.79 Å². The number of urea groups is 1. The Bertz CT molecular complexity index is 898. The quantitative estimate of drug-likeness (QED) is 0.726. The maximum absolute atomic E-state index is 12.7. The molecule has 0 radical (unpaired) electrons. The molecule has 1 fully saturated rings. The lowest BCUT2D eigenvalue weighted by atomic mass is 9.73. The van der Waals surface area contributed by atoms with Crippen LogP contribution in [0, 0.1) is 0 Å². The molecular formula is C24H34N4O. The lowest BCUT2D eigenvalue weighted by Gasteiger charge is -2.47. The fourth-order valence-corrected chi connectivity index (χ4v) is 5.52. The third-order valence-corrected chi connectivity index (χ3v) is 6.88. The summed E-state index contributed by atoms with van der Waals surface area (Å²) >= 11 is 0. The Balaban J connectivity index is 1.68. The summed E-state index contributed by atoms with van der Waals surface area (Å²) in [6.45, 7) is 13.5. The topological polar surface area (TPSA) is 51.4 Å². The molecule has 2 heterocycles. The number of fused-ring (bicyclic) bond motifs is 2. The predicted octanol–water partition coefficient (Wildman–Crippen LogP) is 4.05.